The van der Waals surface area contributed by atoms with Crippen LogP contribution in [0.25, 0.3) is 11.2 Å². The molecule has 21 heavy (non-hydrogen) atoms. The second-order valence-electron chi connectivity index (χ2n) is 5.23. The average Bonchev–Trinajstić information content (AvgIpc) is 3.29. The van der Waals surface area contributed by atoms with Crippen LogP contribution in [0.5, 0.6) is 5.88 Å². The Balaban J connectivity index is 1.89. The first kappa shape index (κ1) is 14.5. The summed E-state index contributed by atoms with van der Waals surface area (Å²) in [6.07, 6.45) is 4.14. The van der Waals surface area contributed by atoms with E-state index in [-0.39, 0.29) is 0 Å². The molecule has 0 aliphatic heterocycles. The zero-order valence-electron chi connectivity index (χ0n) is 12.4. The second-order valence-corrected chi connectivity index (χ2v) is 5.50. The summed E-state index contributed by atoms with van der Waals surface area (Å²) in [4.78, 5) is 15.5. The predicted octanol–water partition coefficient (Wildman–Crippen LogP) is 2.06. The lowest BCUT2D eigenvalue weighted by atomic mass is 10.4. The fourth-order valence-corrected chi connectivity index (χ4v) is 2.92. The van der Waals surface area contributed by atoms with E-state index < -0.39 is 0 Å². The van der Waals surface area contributed by atoms with Gasteiger partial charge in [0, 0.05) is 19.1 Å². The molecule has 114 valence electrons. The monoisotopic (exact) mass is 309 g/mol. The number of ether oxygens (including phenoxy) is 1. The molecular formula is C14H20ClN5O. The van der Waals surface area contributed by atoms with Crippen LogP contribution in [0.1, 0.15) is 25.6 Å². The van der Waals surface area contributed by atoms with Gasteiger partial charge in [0.15, 0.2) is 11.2 Å². The molecule has 1 saturated carbocycles. The molecule has 2 aromatic rings. The summed E-state index contributed by atoms with van der Waals surface area (Å²) >= 11 is 6.04. The van der Waals surface area contributed by atoms with Crippen molar-refractivity contribution in [3.05, 3.63) is 12.2 Å². The van der Waals surface area contributed by atoms with Crippen LogP contribution in [0, 0.1) is 0 Å². The Hall–Kier alpha value is -1.40. The smallest absolute Gasteiger partial charge is 0.245 e. The molecule has 6 nitrogen and oxygen atoms in total. The quantitative estimate of drug-likeness (QED) is 0.733. The van der Waals surface area contributed by atoms with Crippen molar-refractivity contribution >= 4 is 22.8 Å². The third kappa shape index (κ3) is 2.82. The van der Waals surface area contributed by atoms with Gasteiger partial charge in [0.05, 0.1) is 13.0 Å². The average molecular weight is 310 g/mol. The normalized spacial score (nSPS) is 15.0. The second kappa shape index (κ2) is 6.15. The Morgan fingerprint density at radius 2 is 2.24 bits per heavy atom. The first-order valence-electron chi connectivity index (χ1n) is 7.32. The first-order valence-corrected chi connectivity index (χ1v) is 7.86. The molecule has 2 heterocycles. The van der Waals surface area contributed by atoms with Crippen molar-refractivity contribution in [1.29, 1.82) is 0 Å². The molecule has 0 aromatic carbocycles. The predicted molar refractivity (Wildman–Crippen MR) is 81.7 cm³/mol. The number of imidazole rings is 1. The van der Waals surface area contributed by atoms with E-state index in [0.29, 0.717) is 17.3 Å². The van der Waals surface area contributed by atoms with Crippen molar-refractivity contribution in [3.8, 4) is 5.88 Å². The Labute approximate surface area is 129 Å². The number of alkyl halides is 1. The lowest BCUT2D eigenvalue weighted by molar-refractivity contribution is 0.266. The van der Waals surface area contributed by atoms with E-state index in [0.717, 1.165) is 37.1 Å². The highest BCUT2D eigenvalue weighted by Crippen LogP contribution is 2.27. The molecule has 2 aromatic heterocycles. The standard InChI is InChI=1S/C14H20ClN5O/c1-3-19(10-4-5-10)6-7-20-11(8-15)18-12-13(20)16-9-17-14(12)21-2/h9-10H,3-8H2,1-2H3. The van der Waals surface area contributed by atoms with Gasteiger partial charge in [-0.15, -0.1) is 11.6 Å². The molecule has 1 aliphatic carbocycles. The number of methoxy groups -OCH3 is 1. The van der Waals surface area contributed by atoms with Crippen molar-refractivity contribution in [1.82, 2.24) is 24.4 Å². The molecule has 0 spiro atoms. The molecule has 0 saturated heterocycles. The highest BCUT2D eigenvalue weighted by molar-refractivity contribution is 6.16. The molecule has 1 aliphatic rings. The minimum absolute atomic E-state index is 0.356. The maximum atomic E-state index is 6.04. The lowest BCUT2D eigenvalue weighted by Crippen LogP contribution is -2.29. The van der Waals surface area contributed by atoms with E-state index in [1.807, 2.05) is 0 Å². The van der Waals surface area contributed by atoms with Gasteiger partial charge in [-0.3, -0.25) is 4.90 Å². The van der Waals surface area contributed by atoms with Gasteiger partial charge in [-0.25, -0.2) is 9.97 Å². The fraction of sp³-hybridized carbons (Fsp3) is 0.643. The van der Waals surface area contributed by atoms with Crippen molar-refractivity contribution in [2.24, 2.45) is 0 Å². The number of likely N-dealkylation sites (N-methyl/N-ethyl adjacent to an activating group) is 1. The summed E-state index contributed by atoms with van der Waals surface area (Å²) in [6, 6.07) is 0.758. The Morgan fingerprint density at radius 1 is 1.43 bits per heavy atom. The highest BCUT2D eigenvalue weighted by atomic mass is 35.5. The number of halogens is 1. The zero-order valence-corrected chi connectivity index (χ0v) is 13.2. The van der Waals surface area contributed by atoms with Crippen LogP contribution in [0.4, 0.5) is 0 Å². The van der Waals surface area contributed by atoms with Gasteiger partial charge in [-0.05, 0) is 19.4 Å². The third-order valence-corrected chi connectivity index (χ3v) is 4.21. The van der Waals surface area contributed by atoms with Crippen molar-refractivity contribution in [2.75, 3.05) is 20.2 Å². The molecule has 7 heteroatoms. The Kier molecular flexibility index (Phi) is 4.26. The molecular weight excluding hydrogens is 290 g/mol. The minimum Gasteiger partial charge on any atom is -0.479 e. The fourth-order valence-electron chi connectivity index (χ4n) is 2.71. The van der Waals surface area contributed by atoms with E-state index in [4.69, 9.17) is 16.3 Å². The van der Waals surface area contributed by atoms with E-state index in [9.17, 15) is 0 Å². The van der Waals surface area contributed by atoms with Crippen LogP contribution in [0.2, 0.25) is 0 Å². The maximum absolute atomic E-state index is 6.04. The van der Waals surface area contributed by atoms with Gasteiger partial charge in [0.25, 0.3) is 0 Å². The van der Waals surface area contributed by atoms with Crippen molar-refractivity contribution in [3.63, 3.8) is 0 Å². The molecule has 0 bridgehead atoms. The summed E-state index contributed by atoms with van der Waals surface area (Å²) in [5, 5.41) is 0. The molecule has 0 N–H and O–H groups in total. The topological polar surface area (TPSA) is 56.1 Å². The molecule has 0 radical (unpaired) electrons. The number of hydrogen-bond acceptors (Lipinski definition) is 5. The maximum Gasteiger partial charge on any atom is 0.245 e. The zero-order chi connectivity index (χ0) is 14.8. The van der Waals surface area contributed by atoms with Gasteiger partial charge in [0.2, 0.25) is 5.88 Å². The van der Waals surface area contributed by atoms with Gasteiger partial charge in [-0.1, -0.05) is 6.92 Å². The van der Waals surface area contributed by atoms with Crippen LogP contribution in [0.15, 0.2) is 6.33 Å². The van der Waals surface area contributed by atoms with Crippen LogP contribution in [-0.2, 0) is 12.4 Å². The number of hydrogen-bond donors (Lipinski definition) is 0. The van der Waals surface area contributed by atoms with Crippen LogP contribution in [0.3, 0.4) is 0 Å². The minimum atomic E-state index is 0.356. The lowest BCUT2D eigenvalue weighted by Gasteiger charge is -2.20. The first-order chi connectivity index (χ1) is 10.3. The number of rotatable bonds is 7. The summed E-state index contributed by atoms with van der Waals surface area (Å²) < 4.78 is 7.34. The number of aromatic nitrogens is 4. The molecule has 0 atom stereocenters. The third-order valence-electron chi connectivity index (χ3n) is 3.97. The van der Waals surface area contributed by atoms with Gasteiger partial charge in [0.1, 0.15) is 12.2 Å². The van der Waals surface area contributed by atoms with Gasteiger partial charge >= 0.3 is 0 Å². The largest absolute Gasteiger partial charge is 0.479 e. The van der Waals surface area contributed by atoms with E-state index in [1.54, 1.807) is 7.11 Å². The van der Waals surface area contributed by atoms with Crippen molar-refractivity contribution in [2.45, 2.75) is 38.2 Å². The number of fused-ring (bicyclic) bond motifs is 1. The van der Waals surface area contributed by atoms with E-state index in [2.05, 4.69) is 31.3 Å². The van der Waals surface area contributed by atoms with Gasteiger partial charge in [-0.2, -0.15) is 4.98 Å². The summed E-state index contributed by atoms with van der Waals surface area (Å²) in [5.41, 5.74) is 1.48. The highest BCUT2D eigenvalue weighted by Gasteiger charge is 2.27. The Bertz CT molecular complexity index is 625. The van der Waals surface area contributed by atoms with Gasteiger partial charge < -0.3 is 9.30 Å². The molecule has 1 fully saturated rings. The van der Waals surface area contributed by atoms with Crippen LogP contribution < -0.4 is 4.74 Å². The number of nitrogens with zero attached hydrogens (tertiary/aromatic N) is 5. The SMILES string of the molecule is CCN(CCn1c(CCl)nc2c(OC)ncnc21)C1CC1. The Morgan fingerprint density at radius 3 is 2.86 bits per heavy atom. The molecule has 0 unspecified atom stereocenters. The van der Waals surface area contributed by atoms with Crippen molar-refractivity contribution < 1.29 is 4.74 Å². The molecule has 3 rings (SSSR count). The van der Waals surface area contributed by atoms with E-state index in [1.165, 1.54) is 19.2 Å². The van der Waals surface area contributed by atoms with Crippen LogP contribution >= 0.6 is 11.6 Å². The summed E-state index contributed by atoms with van der Waals surface area (Å²) in [6.45, 7) is 5.11. The summed E-state index contributed by atoms with van der Waals surface area (Å²) in [5.74, 6) is 1.67. The van der Waals surface area contributed by atoms with E-state index >= 15 is 0 Å². The van der Waals surface area contributed by atoms with Crippen LogP contribution in [-0.4, -0.2) is 50.7 Å². The molecule has 0 amide bonds. The summed E-state index contributed by atoms with van der Waals surface area (Å²) in [7, 11) is 1.59.